The number of alkyl halides is 4. The van der Waals surface area contributed by atoms with Crippen LogP contribution in [0.2, 0.25) is 0 Å². The Bertz CT molecular complexity index is 1260. The molecule has 2 aromatic rings. The molecule has 0 aromatic carbocycles. The van der Waals surface area contributed by atoms with Crippen molar-refractivity contribution < 1.29 is 32.5 Å². The van der Waals surface area contributed by atoms with Gasteiger partial charge in [0.25, 0.3) is 0 Å². The average molecular weight is 656 g/mol. The summed E-state index contributed by atoms with van der Waals surface area (Å²) in [7, 11) is 0. The second-order valence-electron chi connectivity index (χ2n) is 11.9. The maximum absolute atomic E-state index is 13.4. The predicted octanol–water partition coefficient (Wildman–Crippen LogP) is 6.08. The van der Waals surface area contributed by atoms with Gasteiger partial charge in [-0.2, -0.15) is 13.2 Å². The van der Waals surface area contributed by atoms with Crippen molar-refractivity contribution in [3.8, 4) is 0 Å². The first kappa shape index (κ1) is 26.6. The number of halogens is 4. The van der Waals surface area contributed by atoms with E-state index in [1.54, 1.807) is 0 Å². The maximum atomic E-state index is 13.4. The number of fused-ring (bicyclic) bond motifs is 4. The number of hydrogen-bond acceptors (Lipinski definition) is 6. The minimum atomic E-state index is -4.47. The first-order valence-corrected chi connectivity index (χ1v) is 15.2. The molecule has 5 aliphatic rings. The third-order valence-corrected chi connectivity index (χ3v) is 11.1. The van der Waals surface area contributed by atoms with Crippen LogP contribution in [0, 0.1) is 5.41 Å². The molecule has 2 spiro atoms. The van der Waals surface area contributed by atoms with E-state index in [2.05, 4.69) is 27.6 Å². The molecule has 6 nitrogen and oxygen atoms in total. The number of aliphatic hydroxyl groups is 1. The zero-order valence-corrected chi connectivity index (χ0v) is 23.8. The highest BCUT2D eigenvalue weighted by atomic mass is 127. The van der Waals surface area contributed by atoms with E-state index in [0.29, 0.717) is 45.0 Å². The van der Waals surface area contributed by atoms with Crippen molar-refractivity contribution in [2.24, 2.45) is 5.41 Å². The summed E-state index contributed by atoms with van der Waals surface area (Å²) >= 11 is 2.39. The van der Waals surface area contributed by atoms with Gasteiger partial charge in [-0.15, -0.1) is 0 Å². The van der Waals surface area contributed by atoms with Gasteiger partial charge in [0.1, 0.15) is 11.7 Å². The number of rotatable bonds is 2. The van der Waals surface area contributed by atoms with Crippen LogP contribution in [-0.2, 0) is 32.4 Å². The fourth-order valence-electron chi connectivity index (χ4n) is 7.56. The average Bonchev–Trinajstić information content (AvgIpc) is 3.24. The molecule has 3 fully saturated rings. The molecule has 3 aliphatic heterocycles. The molecule has 1 N–H and O–H groups in total. The Morgan fingerprint density at radius 1 is 1.03 bits per heavy atom. The van der Waals surface area contributed by atoms with E-state index in [9.17, 15) is 18.3 Å². The van der Waals surface area contributed by atoms with Gasteiger partial charge in [0.05, 0.1) is 33.6 Å². The monoisotopic (exact) mass is 656 g/mol. The quantitative estimate of drug-likeness (QED) is 0.312. The van der Waals surface area contributed by atoms with E-state index in [0.717, 1.165) is 72.4 Å². The third kappa shape index (κ3) is 4.26. The molecule has 210 valence electrons. The lowest BCUT2D eigenvalue weighted by molar-refractivity contribution is -0.138. The Morgan fingerprint density at radius 2 is 1.82 bits per heavy atom. The van der Waals surface area contributed by atoms with Gasteiger partial charge in [-0.05, 0) is 56.1 Å². The van der Waals surface area contributed by atoms with Crippen LogP contribution in [0.3, 0.4) is 0 Å². The van der Waals surface area contributed by atoms with Crippen molar-refractivity contribution in [1.29, 1.82) is 0 Å². The summed E-state index contributed by atoms with van der Waals surface area (Å²) in [6, 6.07) is 2.52. The van der Waals surface area contributed by atoms with Gasteiger partial charge in [-0.25, -0.2) is 0 Å². The fourth-order valence-corrected chi connectivity index (χ4v) is 8.58. The highest BCUT2D eigenvalue weighted by molar-refractivity contribution is 14.1. The molecule has 4 atom stereocenters. The van der Waals surface area contributed by atoms with Crippen molar-refractivity contribution in [1.82, 2.24) is 9.97 Å². The smallest absolute Gasteiger partial charge is 0.388 e. The largest absolute Gasteiger partial charge is 0.417 e. The Labute approximate surface area is 239 Å². The second-order valence-corrected chi connectivity index (χ2v) is 13.4. The van der Waals surface area contributed by atoms with Gasteiger partial charge < -0.3 is 19.3 Å². The molecular weight excluding hydrogens is 624 g/mol. The van der Waals surface area contributed by atoms with Crippen LogP contribution in [0.4, 0.5) is 13.2 Å². The zero-order valence-electron chi connectivity index (χ0n) is 21.6. The molecule has 2 aliphatic carbocycles. The first-order valence-electron chi connectivity index (χ1n) is 14.0. The molecule has 4 unspecified atom stereocenters. The Hall–Kier alpha value is -1.34. The molecular formula is C29H32F3IN2O4. The summed E-state index contributed by atoms with van der Waals surface area (Å²) in [6.45, 7) is 2.29. The highest BCUT2D eigenvalue weighted by Gasteiger charge is 2.57. The second kappa shape index (κ2) is 9.61. The van der Waals surface area contributed by atoms with Crippen LogP contribution in [-0.4, -0.2) is 45.4 Å². The van der Waals surface area contributed by atoms with Crippen LogP contribution in [0.5, 0.6) is 0 Å². The van der Waals surface area contributed by atoms with Crippen molar-refractivity contribution >= 4 is 22.6 Å². The number of pyridine rings is 2. The van der Waals surface area contributed by atoms with E-state index in [1.807, 2.05) is 0 Å². The lowest BCUT2D eigenvalue weighted by Gasteiger charge is -2.48. The van der Waals surface area contributed by atoms with Gasteiger partial charge in [0.2, 0.25) is 0 Å². The standard InChI is InChI=1S/C29H32F3IN2O4/c30-29(31,32)17-2-3-18(34-14-17)26-23-24(28(39-26)8-11-38-15-21(28)33)22-19(12-27(6-1-7-27)13-20(22)36)35-25(23)16-4-9-37-10-5-16/h2-3,14,16,20-21,26,36H,1,4-13,15H2. The lowest BCUT2D eigenvalue weighted by Crippen LogP contribution is -2.46. The number of aliphatic hydroxyl groups excluding tert-OH is 1. The number of nitrogens with zero attached hydrogens (tertiary/aromatic N) is 2. The highest BCUT2D eigenvalue weighted by Crippen LogP contribution is 2.61. The van der Waals surface area contributed by atoms with Crippen molar-refractivity contribution in [3.63, 3.8) is 0 Å². The van der Waals surface area contributed by atoms with E-state index >= 15 is 0 Å². The number of aromatic nitrogens is 2. The van der Waals surface area contributed by atoms with Crippen LogP contribution in [0.1, 0.15) is 102 Å². The minimum absolute atomic E-state index is 0.0390. The van der Waals surface area contributed by atoms with Crippen molar-refractivity contribution in [3.05, 3.63) is 57.7 Å². The summed E-state index contributed by atoms with van der Waals surface area (Å²) < 4.78 is 58.6. The van der Waals surface area contributed by atoms with Gasteiger partial charge in [0, 0.05) is 60.7 Å². The minimum Gasteiger partial charge on any atom is -0.388 e. The summed E-state index contributed by atoms with van der Waals surface area (Å²) in [5.74, 6) is 0.150. The lowest BCUT2D eigenvalue weighted by atomic mass is 9.58. The van der Waals surface area contributed by atoms with Gasteiger partial charge >= 0.3 is 6.18 Å². The molecule has 1 saturated carbocycles. The predicted molar refractivity (Wildman–Crippen MR) is 144 cm³/mol. The van der Waals surface area contributed by atoms with Crippen molar-refractivity contribution in [2.75, 3.05) is 26.4 Å². The Balaban J connectivity index is 1.45. The van der Waals surface area contributed by atoms with Crippen molar-refractivity contribution in [2.45, 2.75) is 85.2 Å². The van der Waals surface area contributed by atoms with E-state index in [4.69, 9.17) is 19.2 Å². The summed E-state index contributed by atoms with van der Waals surface area (Å²) in [5, 5.41) is 11.7. The maximum Gasteiger partial charge on any atom is 0.417 e. The third-order valence-electron chi connectivity index (χ3n) is 9.69. The number of ether oxygens (including phenoxy) is 3. The molecule has 2 aromatic heterocycles. The van der Waals surface area contributed by atoms with E-state index in [-0.39, 0.29) is 15.3 Å². The van der Waals surface area contributed by atoms with Crippen LogP contribution in [0.15, 0.2) is 18.3 Å². The molecule has 39 heavy (non-hydrogen) atoms. The van der Waals surface area contributed by atoms with Gasteiger partial charge in [0.15, 0.2) is 0 Å². The molecule has 0 bridgehead atoms. The fraction of sp³-hybridized carbons (Fsp3) is 0.655. The summed E-state index contributed by atoms with van der Waals surface area (Å²) in [4.78, 5) is 9.63. The molecule has 5 heterocycles. The number of hydrogen-bond donors (Lipinski definition) is 1. The van der Waals surface area contributed by atoms with Crippen LogP contribution < -0.4 is 0 Å². The SMILES string of the molecule is OC1CC2(CCC2)Cc2nc(C3CCOCC3)c3c(c21)C1(CCOCC1I)OC3c1ccc(C(F)(F)F)cn1. The topological polar surface area (TPSA) is 73.7 Å². The summed E-state index contributed by atoms with van der Waals surface area (Å²) in [6.07, 6.45) is 2.32. The molecule has 0 radical (unpaired) electrons. The van der Waals surface area contributed by atoms with Crippen LogP contribution >= 0.6 is 22.6 Å². The molecule has 10 heteroatoms. The Kier molecular flexibility index (Phi) is 6.54. The first-order chi connectivity index (χ1) is 18.7. The van der Waals surface area contributed by atoms with Gasteiger partial charge in [-0.1, -0.05) is 29.0 Å². The molecule has 7 rings (SSSR count). The van der Waals surface area contributed by atoms with Crippen LogP contribution in [0.25, 0.3) is 0 Å². The normalized spacial score (nSPS) is 32.2. The molecule has 2 saturated heterocycles. The molecule has 0 amide bonds. The van der Waals surface area contributed by atoms with E-state index < -0.39 is 29.5 Å². The van der Waals surface area contributed by atoms with E-state index in [1.165, 1.54) is 12.5 Å². The summed E-state index contributed by atoms with van der Waals surface area (Å²) in [5.41, 5.74) is 3.75. The van der Waals surface area contributed by atoms with Gasteiger partial charge in [-0.3, -0.25) is 9.97 Å². The Morgan fingerprint density at radius 3 is 2.46 bits per heavy atom. The zero-order chi connectivity index (χ0) is 27.0.